The van der Waals surface area contributed by atoms with Gasteiger partial charge in [-0.25, -0.2) is 0 Å². The zero-order valence-corrected chi connectivity index (χ0v) is 14.2. The van der Waals surface area contributed by atoms with E-state index in [2.05, 4.69) is 47.6 Å². The Balaban J connectivity index is 1.84. The predicted octanol–water partition coefficient (Wildman–Crippen LogP) is 4.03. The molecule has 1 N–H and O–H groups in total. The fraction of sp³-hybridized carbons (Fsp3) is 0.211. The Morgan fingerprint density at radius 3 is 2.61 bits per heavy atom. The molecule has 0 aliphatic rings. The highest BCUT2D eigenvalue weighted by molar-refractivity contribution is 7.83. The number of rotatable bonds is 5. The highest BCUT2D eigenvalue weighted by Gasteiger charge is 2.07. The van der Waals surface area contributed by atoms with Gasteiger partial charge in [0.25, 0.3) is 0 Å². The third-order valence-corrected chi connectivity index (χ3v) is 4.71. The van der Waals surface area contributed by atoms with Crippen LogP contribution in [0, 0.1) is 6.92 Å². The van der Waals surface area contributed by atoms with Gasteiger partial charge < -0.3 is 5.32 Å². The lowest BCUT2D eigenvalue weighted by molar-refractivity contribution is 0.686. The quantitative estimate of drug-likeness (QED) is 0.770. The Kier molecular flexibility index (Phi) is 4.72. The number of anilines is 1. The van der Waals surface area contributed by atoms with Crippen molar-refractivity contribution in [1.29, 1.82) is 0 Å². The Morgan fingerprint density at radius 2 is 1.78 bits per heavy atom. The molecule has 0 amide bonds. The first-order valence-corrected chi connectivity index (χ1v) is 9.33. The van der Waals surface area contributed by atoms with Crippen LogP contribution in [0.25, 0.3) is 10.9 Å². The summed E-state index contributed by atoms with van der Waals surface area (Å²) in [6, 6.07) is 16.4. The van der Waals surface area contributed by atoms with Gasteiger partial charge in [-0.1, -0.05) is 36.4 Å². The normalized spacial score (nSPS) is 12.3. The van der Waals surface area contributed by atoms with E-state index in [4.69, 9.17) is 0 Å². The van der Waals surface area contributed by atoms with Crippen molar-refractivity contribution in [3.63, 3.8) is 0 Å². The molecule has 0 saturated heterocycles. The lowest BCUT2D eigenvalue weighted by Crippen LogP contribution is -2.04. The van der Waals surface area contributed by atoms with Crippen molar-refractivity contribution < 1.29 is 4.21 Å². The highest BCUT2D eigenvalue weighted by atomic mass is 32.2. The van der Waals surface area contributed by atoms with Crippen molar-refractivity contribution in [2.75, 3.05) is 11.6 Å². The first kappa shape index (κ1) is 15.7. The fourth-order valence-corrected chi connectivity index (χ4v) is 3.50. The number of hydrogen-bond donors (Lipinski definition) is 1. The molecule has 0 saturated carbocycles. The zero-order valence-electron chi connectivity index (χ0n) is 13.4. The van der Waals surface area contributed by atoms with Gasteiger partial charge in [0.1, 0.15) is 0 Å². The minimum Gasteiger partial charge on any atom is -0.381 e. The van der Waals surface area contributed by atoms with Crippen molar-refractivity contribution in [3.8, 4) is 0 Å². The fourth-order valence-electron chi connectivity index (χ4n) is 2.75. The van der Waals surface area contributed by atoms with Gasteiger partial charge in [0.2, 0.25) is 0 Å². The van der Waals surface area contributed by atoms with Crippen LogP contribution >= 0.6 is 0 Å². The Hall–Kier alpha value is -2.20. The SMILES string of the molecule is Cc1c(CS(C)=O)cccc1NCc1cccc2cccnc12. The summed E-state index contributed by atoms with van der Waals surface area (Å²) in [5, 5.41) is 4.65. The van der Waals surface area contributed by atoms with Crippen LogP contribution in [-0.4, -0.2) is 15.4 Å². The van der Waals surface area contributed by atoms with Crippen LogP contribution in [0.2, 0.25) is 0 Å². The summed E-state index contributed by atoms with van der Waals surface area (Å²) in [4.78, 5) is 4.49. The first-order valence-electron chi connectivity index (χ1n) is 7.60. The van der Waals surface area contributed by atoms with Gasteiger partial charge in [-0.05, 0) is 35.7 Å². The molecule has 4 heteroatoms. The molecule has 1 unspecified atom stereocenters. The molecule has 3 nitrogen and oxygen atoms in total. The lowest BCUT2D eigenvalue weighted by atomic mass is 10.1. The first-order chi connectivity index (χ1) is 11.1. The number of pyridine rings is 1. The van der Waals surface area contributed by atoms with Gasteiger partial charge in [0.05, 0.1) is 5.52 Å². The molecule has 3 rings (SSSR count). The molecule has 0 bridgehead atoms. The van der Waals surface area contributed by atoms with Gasteiger partial charge in [0, 0.05) is 46.6 Å². The zero-order chi connectivity index (χ0) is 16.2. The number of hydrogen-bond acceptors (Lipinski definition) is 3. The third-order valence-electron chi connectivity index (χ3n) is 3.99. The summed E-state index contributed by atoms with van der Waals surface area (Å²) in [5.74, 6) is 0.594. The van der Waals surface area contributed by atoms with Crippen LogP contribution in [0.1, 0.15) is 16.7 Å². The molecule has 1 aromatic heterocycles. The van der Waals surface area contributed by atoms with Crippen LogP contribution in [0.15, 0.2) is 54.7 Å². The molecule has 0 radical (unpaired) electrons. The highest BCUT2D eigenvalue weighted by Crippen LogP contribution is 2.22. The van der Waals surface area contributed by atoms with Crippen molar-refractivity contribution in [1.82, 2.24) is 4.98 Å². The predicted molar refractivity (Wildman–Crippen MR) is 98.0 cm³/mol. The van der Waals surface area contributed by atoms with E-state index in [1.165, 1.54) is 5.56 Å². The summed E-state index contributed by atoms with van der Waals surface area (Å²) in [5.41, 5.74) is 5.58. The Labute approximate surface area is 139 Å². The standard InChI is InChI=1S/C19H20N2OS/c1-14-17(13-23(2)22)8-4-10-18(14)21-12-16-7-3-6-15-9-5-11-20-19(15)16/h3-11,21H,12-13H2,1-2H3. The van der Waals surface area contributed by atoms with E-state index in [9.17, 15) is 4.21 Å². The van der Waals surface area contributed by atoms with E-state index in [0.29, 0.717) is 12.3 Å². The Bertz CT molecular complexity index is 856. The summed E-state index contributed by atoms with van der Waals surface area (Å²) in [7, 11) is -0.831. The largest absolute Gasteiger partial charge is 0.381 e. The van der Waals surface area contributed by atoms with Crippen molar-refractivity contribution in [2.45, 2.75) is 19.2 Å². The van der Waals surface area contributed by atoms with Gasteiger partial charge in [-0.3, -0.25) is 9.19 Å². The van der Waals surface area contributed by atoms with E-state index >= 15 is 0 Å². The molecule has 23 heavy (non-hydrogen) atoms. The molecular formula is C19H20N2OS. The molecule has 2 aromatic carbocycles. The van der Waals surface area contributed by atoms with E-state index in [0.717, 1.165) is 27.7 Å². The smallest absolute Gasteiger partial charge is 0.0751 e. The van der Waals surface area contributed by atoms with Crippen LogP contribution in [0.3, 0.4) is 0 Å². The van der Waals surface area contributed by atoms with Crippen molar-refractivity contribution in [3.05, 3.63) is 71.4 Å². The molecule has 3 aromatic rings. The number of nitrogens with zero attached hydrogens (tertiary/aromatic N) is 1. The van der Waals surface area contributed by atoms with Gasteiger partial charge in [-0.2, -0.15) is 0 Å². The van der Waals surface area contributed by atoms with E-state index in [1.807, 2.05) is 24.4 Å². The molecule has 0 aliphatic carbocycles. The van der Waals surface area contributed by atoms with Gasteiger partial charge in [0.15, 0.2) is 0 Å². The maximum atomic E-state index is 11.5. The van der Waals surface area contributed by atoms with Crippen LogP contribution in [-0.2, 0) is 23.1 Å². The number of benzene rings is 2. The second-order valence-corrected chi connectivity index (χ2v) is 7.09. The molecule has 0 fully saturated rings. The molecule has 118 valence electrons. The molecule has 0 aliphatic heterocycles. The maximum absolute atomic E-state index is 11.5. The minimum absolute atomic E-state index is 0.594. The summed E-state index contributed by atoms with van der Waals surface area (Å²) >= 11 is 0. The number of fused-ring (bicyclic) bond motifs is 1. The lowest BCUT2D eigenvalue weighted by Gasteiger charge is -2.13. The average molecular weight is 324 g/mol. The van der Waals surface area contributed by atoms with Crippen LogP contribution < -0.4 is 5.32 Å². The summed E-state index contributed by atoms with van der Waals surface area (Å²) in [6.07, 6.45) is 3.57. The van der Waals surface area contributed by atoms with Crippen LogP contribution in [0.5, 0.6) is 0 Å². The van der Waals surface area contributed by atoms with Crippen molar-refractivity contribution in [2.24, 2.45) is 0 Å². The van der Waals surface area contributed by atoms with Gasteiger partial charge in [-0.15, -0.1) is 0 Å². The molecular weight excluding hydrogens is 304 g/mol. The average Bonchev–Trinajstić information content (AvgIpc) is 2.55. The number of aromatic nitrogens is 1. The minimum atomic E-state index is -0.831. The van der Waals surface area contributed by atoms with Crippen molar-refractivity contribution >= 4 is 27.4 Å². The monoisotopic (exact) mass is 324 g/mol. The molecule has 1 heterocycles. The maximum Gasteiger partial charge on any atom is 0.0751 e. The second-order valence-electron chi connectivity index (χ2n) is 5.65. The van der Waals surface area contributed by atoms with Gasteiger partial charge >= 0.3 is 0 Å². The molecule has 0 spiro atoms. The number of para-hydroxylation sites is 1. The van der Waals surface area contributed by atoms with E-state index < -0.39 is 10.8 Å². The second kappa shape index (κ2) is 6.92. The van der Waals surface area contributed by atoms with E-state index in [-0.39, 0.29) is 0 Å². The Morgan fingerprint density at radius 1 is 1.04 bits per heavy atom. The number of nitrogens with one attached hydrogen (secondary N) is 1. The summed E-state index contributed by atoms with van der Waals surface area (Å²) < 4.78 is 11.5. The third kappa shape index (κ3) is 3.59. The van der Waals surface area contributed by atoms with Crippen LogP contribution in [0.4, 0.5) is 5.69 Å². The topological polar surface area (TPSA) is 42.0 Å². The van der Waals surface area contributed by atoms with E-state index in [1.54, 1.807) is 6.26 Å². The summed E-state index contributed by atoms with van der Waals surface area (Å²) in [6.45, 7) is 2.79. The molecule has 1 atom stereocenters.